The highest BCUT2D eigenvalue weighted by atomic mass is 32.1. The first-order valence-electron chi connectivity index (χ1n) is 8.78. The van der Waals surface area contributed by atoms with Gasteiger partial charge in [-0.3, -0.25) is 9.36 Å². The average molecular weight is 431 g/mol. The Morgan fingerprint density at radius 1 is 1.29 bits per heavy atom. The topological polar surface area (TPSA) is 60.7 Å². The maximum atomic E-state index is 13.3. The van der Waals surface area contributed by atoms with Crippen LogP contribution in [-0.2, 0) is 9.53 Å². The van der Waals surface area contributed by atoms with Crippen molar-refractivity contribution < 1.29 is 9.53 Å². The number of rotatable bonds is 4. The molecule has 4 rings (SSSR count). The predicted octanol–water partition coefficient (Wildman–Crippen LogP) is 3.23. The van der Waals surface area contributed by atoms with E-state index in [0.29, 0.717) is 20.6 Å². The van der Waals surface area contributed by atoms with Crippen LogP contribution in [0.3, 0.4) is 0 Å². The number of esters is 1. The molecule has 0 saturated heterocycles. The molecule has 0 bridgehead atoms. The van der Waals surface area contributed by atoms with E-state index in [0.717, 1.165) is 15.3 Å². The van der Waals surface area contributed by atoms with Gasteiger partial charge < -0.3 is 4.74 Å². The molecule has 0 unspecified atom stereocenters. The summed E-state index contributed by atoms with van der Waals surface area (Å²) in [4.78, 5) is 33.1. The number of thiazole rings is 1. The van der Waals surface area contributed by atoms with Gasteiger partial charge in [0.05, 0.1) is 22.4 Å². The number of nitrogens with zero attached hydrogens (tertiary/aromatic N) is 2. The fraction of sp³-hybridized carbons (Fsp3) is 0.250. The summed E-state index contributed by atoms with van der Waals surface area (Å²) in [5.74, 6) is -0.425. The lowest BCUT2D eigenvalue weighted by atomic mass is 10.0. The van der Waals surface area contributed by atoms with Crippen molar-refractivity contribution in [3.05, 3.63) is 75.2 Å². The molecule has 0 aromatic carbocycles. The Balaban J connectivity index is 1.96. The van der Waals surface area contributed by atoms with E-state index in [1.807, 2.05) is 42.0 Å². The Hall–Kier alpha value is -2.29. The molecular weight excluding hydrogens is 412 g/mol. The number of hydrogen-bond donors (Lipinski definition) is 0. The zero-order chi connectivity index (χ0) is 19.8. The van der Waals surface area contributed by atoms with E-state index < -0.39 is 12.0 Å². The molecule has 8 heteroatoms. The smallest absolute Gasteiger partial charge is 0.338 e. The molecule has 0 spiro atoms. The molecule has 0 aliphatic carbocycles. The fourth-order valence-electron chi connectivity index (χ4n) is 3.16. The van der Waals surface area contributed by atoms with Crippen LogP contribution in [0.1, 0.15) is 35.2 Å². The fourth-order valence-corrected chi connectivity index (χ4v) is 5.94. The maximum Gasteiger partial charge on any atom is 0.338 e. The Bertz CT molecular complexity index is 1240. The van der Waals surface area contributed by atoms with E-state index in [1.165, 1.54) is 22.7 Å². The van der Waals surface area contributed by atoms with Gasteiger partial charge in [0.15, 0.2) is 4.80 Å². The normalized spacial score (nSPS) is 16.8. The second kappa shape index (κ2) is 7.62. The zero-order valence-electron chi connectivity index (χ0n) is 15.6. The Morgan fingerprint density at radius 3 is 2.75 bits per heavy atom. The highest BCUT2D eigenvalue weighted by molar-refractivity contribution is 7.11. The zero-order valence-corrected chi connectivity index (χ0v) is 18.0. The van der Waals surface area contributed by atoms with Crippen LogP contribution in [0, 0.1) is 6.92 Å². The van der Waals surface area contributed by atoms with Crippen molar-refractivity contribution in [2.45, 2.75) is 26.8 Å². The third-order valence-electron chi connectivity index (χ3n) is 4.49. The van der Waals surface area contributed by atoms with Gasteiger partial charge in [0, 0.05) is 9.75 Å². The third kappa shape index (κ3) is 3.21. The van der Waals surface area contributed by atoms with Crippen molar-refractivity contribution in [3.8, 4) is 0 Å². The molecule has 3 aromatic rings. The molecule has 0 N–H and O–H groups in total. The summed E-state index contributed by atoms with van der Waals surface area (Å²) in [5.41, 5.74) is 2.02. The molecule has 3 aromatic heterocycles. The van der Waals surface area contributed by atoms with Crippen LogP contribution in [0.4, 0.5) is 0 Å². The number of aromatic nitrogens is 1. The number of allylic oxidation sites excluding steroid dienone is 1. The Labute approximate surface area is 173 Å². The molecule has 0 radical (unpaired) electrons. The van der Waals surface area contributed by atoms with Crippen molar-refractivity contribution in [2.24, 2.45) is 4.99 Å². The van der Waals surface area contributed by atoms with Gasteiger partial charge in [0.2, 0.25) is 0 Å². The summed E-state index contributed by atoms with van der Waals surface area (Å²) in [6.07, 6.45) is 1.92. The molecule has 0 amide bonds. The molecule has 5 nitrogen and oxygen atoms in total. The van der Waals surface area contributed by atoms with E-state index in [-0.39, 0.29) is 12.2 Å². The standard InChI is InChI=1S/C20H18N2O3S3/c1-4-25-19(24)16-12(3)21-20-22(17(16)13-6-5-8-26-13)18(23)15(28-20)10-14-11(2)7-9-27-14/h5-10,17H,4H2,1-3H3/b15-10-/t17-/m1/s1. The summed E-state index contributed by atoms with van der Waals surface area (Å²) < 4.78 is 7.52. The number of hydrogen-bond acceptors (Lipinski definition) is 7. The van der Waals surface area contributed by atoms with E-state index in [4.69, 9.17) is 4.74 Å². The van der Waals surface area contributed by atoms with Gasteiger partial charge in [-0.05, 0) is 55.3 Å². The summed E-state index contributed by atoms with van der Waals surface area (Å²) in [5, 5.41) is 3.95. The lowest BCUT2D eigenvalue weighted by Crippen LogP contribution is -2.39. The minimum atomic E-state index is -0.512. The van der Waals surface area contributed by atoms with Gasteiger partial charge in [0.1, 0.15) is 6.04 Å². The minimum absolute atomic E-state index is 0.135. The molecule has 0 fully saturated rings. The lowest BCUT2D eigenvalue weighted by molar-refractivity contribution is -0.139. The second-order valence-corrected chi connectivity index (χ2v) is 9.22. The van der Waals surface area contributed by atoms with Crippen LogP contribution in [-0.4, -0.2) is 17.1 Å². The van der Waals surface area contributed by atoms with Gasteiger partial charge in [-0.15, -0.1) is 22.7 Å². The first-order valence-corrected chi connectivity index (χ1v) is 11.4. The van der Waals surface area contributed by atoms with E-state index >= 15 is 0 Å². The molecule has 4 heterocycles. The first kappa shape index (κ1) is 19.0. The van der Waals surface area contributed by atoms with Crippen LogP contribution in [0.2, 0.25) is 0 Å². The third-order valence-corrected chi connectivity index (χ3v) is 7.37. The van der Waals surface area contributed by atoms with Crippen LogP contribution in [0.25, 0.3) is 6.08 Å². The van der Waals surface area contributed by atoms with E-state index in [9.17, 15) is 9.59 Å². The summed E-state index contributed by atoms with van der Waals surface area (Å²) in [7, 11) is 0. The SMILES string of the molecule is CCOC(=O)C1=C(C)N=c2s/c(=C\c3sccc3C)c(=O)n2[C@@H]1c1cccs1. The van der Waals surface area contributed by atoms with Gasteiger partial charge in [0.25, 0.3) is 5.56 Å². The largest absolute Gasteiger partial charge is 0.463 e. The van der Waals surface area contributed by atoms with Gasteiger partial charge in [-0.25, -0.2) is 9.79 Å². The maximum absolute atomic E-state index is 13.3. The average Bonchev–Trinajstić information content (AvgIpc) is 3.38. The van der Waals surface area contributed by atoms with Crippen molar-refractivity contribution in [3.63, 3.8) is 0 Å². The van der Waals surface area contributed by atoms with Crippen LogP contribution >= 0.6 is 34.0 Å². The summed E-state index contributed by atoms with van der Waals surface area (Å²) in [6.45, 7) is 5.87. The van der Waals surface area contributed by atoms with E-state index in [2.05, 4.69) is 4.99 Å². The highest BCUT2D eigenvalue weighted by Crippen LogP contribution is 2.33. The van der Waals surface area contributed by atoms with Crippen LogP contribution in [0.5, 0.6) is 0 Å². The molecule has 1 aliphatic rings. The number of ether oxygens (including phenoxy) is 1. The number of thiophene rings is 2. The Kier molecular flexibility index (Phi) is 5.18. The van der Waals surface area contributed by atoms with E-state index in [1.54, 1.807) is 29.8 Å². The monoisotopic (exact) mass is 430 g/mol. The predicted molar refractivity (Wildman–Crippen MR) is 114 cm³/mol. The summed E-state index contributed by atoms with van der Waals surface area (Å²) >= 11 is 4.47. The number of carbonyl (C=O) groups is 1. The van der Waals surface area contributed by atoms with Crippen molar-refractivity contribution in [1.82, 2.24) is 4.57 Å². The molecule has 144 valence electrons. The van der Waals surface area contributed by atoms with Crippen molar-refractivity contribution in [1.29, 1.82) is 0 Å². The van der Waals surface area contributed by atoms with Gasteiger partial charge in [-0.2, -0.15) is 0 Å². The second-order valence-electron chi connectivity index (χ2n) is 6.29. The van der Waals surface area contributed by atoms with Crippen LogP contribution in [0.15, 0.2) is 50.0 Å². The quantitative estimate of drug-likeness (QED) is 0.597. The molecule has 0 saturated carbocycles. The lowest BCUT2D eigenvalue weighted by Gasteiger charge is -2.23. The first-order chi connectivity index (χ1) is 13.5. The number of aryl methyl sites for hydroxylation is 1. The molecular formula is C20H18N2O3S3. The molecule has 1 atom stereocenters. The number of carbonyl (C=O) groups excluding carboxylic acids is 1. The van der Waals surface area contributed by atoms with Crippen molar-refractivity contribution in [2.75, 3.05) is 6.61 Å². The van der Waals surface area contributed by atoms with Gasteiger partial charge >= 0.3 is 5.97 Å². The minimum Gasteiger partial charge on any atom is -0.463 e. The highest BCUT2D eigenvalue weighted by Gasteiger charge is 2.33. The molecule has 1 aliphatic heterocycles. The molecule has 28 heavy (non-hydrogen) atoms. The summed E-state index contributed by atoms with van der Waals surface area (Å²) in [6, 6.07) is 5.38. The van der Waals surface area contributed by atoms with Crippen LogP contribution < -0.4 is 14.9 Å². The van der Waals surface area contributed by atoms with Gasteiger partial charge in [-0.1, -0.05) is 17.4 Å². The number of fused-ring (bicyclic) bond motifs is 1. The van der Waals surface area contributed by atoms with Crippen molar-refractivity contribution >= 4 is 46.1 Å². The Morgan fingerprint density at radius 2 is 2.11 bits per heavy atom.